The fraction of sp³-hybridized carbons (Fsp3) is 0.0909. The molecule has 0 bridgehead atoms. The van der Waals surface area contributed by atoms with Gasteiger partial charge in [-0.2, -0.15) is 5.26 Å². The average Bonchev–Trinajstić information content (AvgIpc) is 3.05. The molecule has 5 rings (SSSR count). The van der Waals surface area contributed by atoms with Gasteiger partial charge < -0.3 is 10.1 Å². The van der Waals surface area contributed by atoms with E-state index in [1.54, 1.807) is 25.3 Å². The van der Waals surface area contributed by atoms with Gasteiger partial charge in [0, 0.05) is 35.2 Å². The van der Waals surface area contributed by atoms with Gasteiger partial charge in [-0.1, -0.05) is 48.5 Å². The molecule has 9 nitrogen and oxygen atoms in total. The van der Waals surface area contributed by atoms with E-state index >= 15 is 0 Å². The molecular weight excluding hydrogens is 595 g/mol. The van der Waals surface area contributed by atoms with Gasteiger partial charge in [-0.05, 0) is 60.2 Å². The quantitative estimate of drug-likeness (QED) is 0.157. The summed E-state index contributed by atoms with van der Waals surface area (Å²) in [6, 6.07) is 32.2. The minimum atomic E-state index is -3.83. The SMILES string of the molecule is COc1ccc(-c2cc(-c3ccccc3)nc(SCCC(=O)Nc3ccc(S(=O)(=O)Nc4ccccn4)cc3)c2C#N)cc1. The number of benzene rings is 3. The second-order valence-electron chi connectivity index (χ2n) is 9.43. The number of thioether (sulfide) groups is 1. The zero-order chi connectivity index (χ0) is 30.9. The van der Waals surface area contributed by atoms with E-state index in [9.17, 15) is 18.5 Å². The minimum Gasteiger partial charge on any atom is -0.497 e. The summed E-state index contributed by atoms with van der Waals surface area (Å²) in [5.41, 5.74) is 4.10. The van der Waals surface area contributed by atoms with Gasteiger partial charge >= 0.3 is 0 Å². The summed E-state index contributed by atoms with van der Waals surface area (Å²) >= 11 is 1.33. The van der Waals surface area contributed by atoms with Gasteiger partial charge in [0.1, 0.15) is 22.7 Å². The zero-order valence-corrected chi connectivity index (χ0v) is 25.2. The molecule has 0 aliphatic carbocycles. The number of hydrogen-bond donors (Lipinski definition) is 2. The number of rotatable bonds is 11. The number of aromatic nitrogens is 2. The van der Waals surface area contributed by atoms with Crippen molar-refractivity contribution in [3.63, 3.8) is 0 Å². The Morgan fingerprint density at radius 3 is 2.32 bits per heavy atom. The maximum atomic E-state index is 12.8. The van der Waals surface area contributed by atoms with Crippen molar-refractivity contribution in [2.45, 2.75) is 16.3 Å². The summed E-state index contributed by atoms with van der Waals surface area (Å²) < 4.78 is 33.0. The van der Waals surface area contributed by atoms with E-state index in [2.05, 4.69) is 21.1 Å². The number of nitrogens with zero attached hydrogens (tertiary/aromatic N) is 3. The first-order valence-electron chi connectivity index (χ1n) is 13.5. The lowest BCUT2D eigenvalue weighted by atomic mass is 9.99. The summed E-state index contributed by atoms with van der Waals surface area (Å²) in [6.07, 6.45) is 1.64. The van der Waals surface area contributed by atoms with Crippen molar-refractivity contribution >= 4 is 39.2 Å². The summed E-state index contributed by atoms with van der Waals surface area (Å²) in [5.74, 6) is 1.03. The molecule has 2 heterocycles. The van der Waals surface area contributed by atoms with Crippen LogP contribution in [0.4, 0.5) is 11.5 Å². The van der Waals surface area contributed by atoms with Gasteiger partial charge in [0.25, 0.3) is 10.0 Å². The predicted octanol–water partition coefficient (Wildman–Crippen LogP) is 6.61. The van der Waals surface area contributed by atoms with Crippen LogP contribution in [0.25, 0.3) is 22.4 Å². The van der Waals surface area contributed by atoms with E-state index in [-0.39, 0.29) is 23.0 Å². The van der Waals surface area contributed by atoms with Crippen LogP contribution in [0, 0.1) is 11.3 Å². The molecule has 2 aromatic heterocycles. The molecular formula is C33H27N5O4S2. The highest BCUT2D eigenvalue weighted by molar-refractivity contribution is 7.99. The molecule has 0 spiro atoms. The topological polar surface area (TPSA) is 134 Å². The molecule has 5 aromatic rings. The van der Waals surface area contributed by atoms with Crippen molar-refractivity contribution in [3.05, 3.63) is 115 Å². The fourth-order valence-electron chi connectivity index (χ4n) is 4.29. The van der Waals surface area contributed by atoms with Crippen LogP contribution in [0.3, 0.4) is 0 Å². The summed E-state index contributed by atoms with van der Waals surface area (Å²) in [7, 11) is -2.23. The highest BCUT2D eigenvalue weighted by atomic mass is 32.2. The van der Waals surface area contributed by atoms with E-state index in [1.165, 1.54) is 42.2 Å². The van der Waals surface area contributed by atoms with Crippen molar-refractivity contribution in [1.29, 1.82) is 5.26 Å². The van der Waals surface area contributed by atoms with Crippen LogP contribution < -0.4 is 14.8 Å². The zero-order valence-electron chi connectivity index (χ0n) is 23.6. The van der Waals surface area contributed by atoms with Crippen molar-refractivity contribution in [1.82, 2.24) is 9.97 Å². The van der Waals surface area contributed by atoms with Crippen LogP contribution in [0.2, 0.25) is 0 Å². The lowest BCUT2D eigenvalue weighted by Crippen LogP contribution is -2.15. The highest BCUT2D eigenvalue weighted by Crippen LogP contribution is 2.35. The van der Waals surface area contributed by atoms with Gasteiger partial charge in [0.05, 0.1) is 23.3 Å². The number of ether oxygens (including phenoxy) is 1. The number of anilines is 2. The Labute approximate surface area is 260 Å². The van der Waals surface area contributed by atoms with Crippen LogP contribution in [0.15, 0.2) is 119 Å². The Hall–Kier alpha value is -5.18. The molecule has 0 aliphatic rings. The number of pyridine rings is 2. The minimum absolute atomic E-state index is 0.0396. The summed E-state index contributed by atoms with van der Waals surface area (Å²) in [6.45, 7) is 0. The fourth-order valence-corrected chi connectivity index (χ4v) is 6.24. The summed E-state index contributed by atoms with van der Waals surface area (Å²) in [5, 5.41) is 13.5. The van der Waals surface area contributed by atoms with Crippen molar-refractivity contribution in [2.24, 2.45) is 0 Å². The molecule has 0 radical (unpaired) electrons. The van der Waals surface area contributed by atoms with Crippen LogP contribution in [0.1, 0.15) is 12.0 Å². The Morgan fingerprint density at radius 1 is 0.932 bits per heavy atom. The second kappa shape index (κ2) is 13.9. The van der Waals surface area contributed by atoms with Gasteiger partial charge in [-0.3, -0.25) is 9.52 Å². The van der Waals surface area contributed by atoms with Crippen LogP contribution in [-0.2, 0) is 14.8 Å². The smallest absolute Gasteiger partial charge is 0.263 e. The monoisotopic (exact) mass is 621 g/mol. The van der Waals surface area contributed by atoms with Crippen LogP contribution in [0.5, 0.6) is 5.75 Å². The van der Waals surface area contributed by atoms with E-state index in [4.69, 9.17) is 9.72 Å². The number of nitrogens with one attached hydrogen (secondary N) is 2. The number of carbonyl (C=O) groups is 1. The number of methoxy groups -OCH3 is 1. The molecule has 2 N–H and O–H groups in total. The maximum absolute atomic E-state index is 12.8. The van der Waals surface area contributed by atoms with Crippen molar-refractivity contribution in [2.75, 3.05) is 22.9 Å². The van der Waals surface area contributed by atoms with E-state index in [0.717, 1.165) is 22.4 Å². The number of hydrogen-bond acceptors (Lipinski definition) is 8. The molecule has 44 heavy (non-hydrogen) atoms. The standard InChI is InChI=1S/C33H27N5O4S2/c1-42-26-14-10-23(11-15-26)28-21-30(24-7-3-2-4-8-24)37-33(29(28)22-34)43-20-18-32(39)36-25-12-16-27(17-13-25)44(40,41)38-31-9-5-6-19-35-31/h2-17,19,21H,18,20H2,1H3,(H,35,38)(H,36,39). The number of sulfonamides is 1. The first-order valence-corrected chi connectivity index (χ1v) is 15.9. The first-order chi connectivity index (χ1) is 21.4. The molecule has 0 saturated carbocycles. The molecule has 220 valence electrons. The molecule has 0 unspecified atom stereocenters. The lowest BCUT2D eigenvalue weighted by molar-refractivity contribution is -0.115. The third-order valence-corrected chi connectivity index (χ3v) is 8.84. The van der Waals surface area contributed by atoms with Crippen molar-refractivity contribution in [3.8, 4) is 34.2 Å². The van der Waals surface area contributed by atoms with Gasteiger partial charge in [0.2, 0.25) is 5.91 Å². The van der Waals surface area contributed by atoms with Gasteiger partial charge in [0.15, 0.2) is 0 Å². The number of amides is 1. The van der Waals surface area contributed by atoms with Crippen LogP contribution >= 0.6 is 11.8 Å². The average molecular weight is 622 g/mol. The molecule has 0 aliphatic heterocycles. The van der Waals surface area contributed by atoms with E-state index in [1.807, 2.05) is 60.7 Å². The lowest BCUT2D eigenvalue weighted by Gasteiger charge is -2.13. The van der Waals surface area contributed by atoms with Crippen molar-refractivity contribution < 1.29 is 17.9 Å². The van der Waals surface area contributed by atoms with Gasteiger partial charge in [-0.15, -0.1) is 11.8 Å². The molecule has 11 heteroatoms. The predicted molar refractivity (Wildman–Crippen MR) is 172 cm³/mol. The van der Waals surface area contributed by atoms with E-state index in [0.29, 0.717) is 27.8 Å². The number of carbonyl (C=O) groups excluding carboxylic acids is 1. The maximum Gasteiger partial charge on any atom is 0.263 e. The first kappa shape index (κ1) is 30.3. The van der Waals surface area contributed by atoms with Gasteiger partial charge in [-0.25, -0.2) is 18.4 Å². The molecule has 1 amide bonds. The third-order valence-electron chi connectivity index (χ3n) is 6.49. The Morgan fingerprint density at radius 2 is 1.66 bits per heavy atom. The molecule has 0 fully saturated rings. The molecule has 0 atom stereocenters. The number of nitriles is 1. The Bertz CT molecular complexity index is 1900. The second-order valence-corrected chi connectivity index (χ2v) is 12.2. The highest BCUT2D eigenvalue weighted by Gasteiger charge is 2.18. The third kappa shape index (κ3) is 7.42. The van der Waals surface area contributed by atoms with E-state index < -0.39 is 10.0 Å². The molecule has 0 saturated heterocycles. The Kier molecular flexibility index (Phi) is 9.54. The largest absolute Gasteiger partial charge is 0.497 e. The van der Waals surface area contributed by atoms with Crippen LogP contribution in [-0.4, -0.2) is 37.2 Å². The summed E-state index contributed by atoms with van der Waals surface area (Å²) in [4.78, 5) is 21.6. The molecule has 3 aromatic carbocycles. The normalized spacial score (nSPS) is 10.9. The Balaban J connectivity index is 1.28.